The number of fused-ring (bicyclic) bond motifs is 1. The molecule has 2 aliphatic heterocycles. The first-order valence-electron chi connectivity index (χ1n) is 6.63. The van der Waals surface area contributed by atoms with E-state index in [4.69, 9.17) is 14.2 Å². The minimum Gasteiger partial charge on any atom is -0.484 e. The van der Waals surface area contributed by atoms with Crippen LogP contribution in [0.5, 0.6) is 17.2 Å². The van der Waals surface area contributed by atoms with E-state index in [0.717, 1.165) is 31.7 Å². The van der Waals surface area contributed by atoms with Crippen molar-refractivity contribution in [3.8, 4) is 17.2 Å². The maximum absolute atomic E-state index is 12.0. The van der Waals surface area contributed by atoms with Crippen molar-refractivity contribution in [1.29, 1.82) is 0 Å². The van der Waals surface area contributed by atoms with E-state index in [1.807, 2.05) is 4.90 Å². The molecule has 3 rings (SSSR count). The molecule has 0 N–H and O–H groups in total. The Labute approximate surface area is 112 Å². The van der Waals surface area contributed by atoms with Gasteiger partial charge >= 0.3 is 0 Å². The first-order valence-corrected chi connectivity index (χ1v) is 6.63. The van der Waals surface area contributed by atoms with Crippen molar-refractivity contribution in [3.63, 3.8) is 0 Å². The number of likely N-dealkylation sites (tertiary alicyclic amines) is 1. The Morgan fingerprint density at radius 2 is 1.95 bits per heavy atom. The van der Waals surface area contributed by atoms with Crippen LogP contribution in [0.4, 0.5) is 0 Å². The highest BCUT2D eigenvalue weighted by Crippen LogP contribution is 2.35. The van der Waals surface area contributed by atoms with Crippen molar-refractivity contribution in [1.82, 2.24) is 4.90 Å². The van der Waals surface area contributed by atoms with Gasteiger partial charge < -0.3 is 19.1 Å². The van der Waals surface area contributed by atoms with Gasteiger partial charge in [-0.3, -0.25) is 4.79 Å². The average Bonchev–Trinajstić information content (AvgIpc) is 2.93. The Morgan fingerprint density at radius 1 is 1.16 bits per heavy atom. The maximum Gasteiger partial charge on any atom is 0.260 e. The minimum atomic E-state index is 0.0531. The van der Waals surface area contributed by atoms with Gasteiger partial charge in [0.05, 0.1) is 0 Å². The molecule has 1 saturated heterocycles. The molecular formula is C14H17NO4. The molecule has 0 radical (unpaired) electrons. The molecular weight excluding hydrogens is 246 g/mol. The van der Waals surface area contributed by atoms with Gasteiger partial charge in [0.2, 0.25) is 6.79 Å². The smallest absolute Gasteiger partial charge is 0.260 e. The second-order valence-electron chi connectivity index (χ2n) is 4.75. The first-order chi connectivity index (χ1) is 9.33. The molecule has 0 spiro atoms. The molecule has 0 aliphatic carbocycles. The zero-order valence-electron chi connectivity index (χ0n) is 10.8. The van der Waals surface area contributed by atoms with Crippen molar-refractivity contribution < 1.29 is 19.0 Å². The fourth-order valence-corrected chi connectivity index (χ4v) is 2.35. The van der Waals surface area contributed by atoms with Gasteiger partial charge in [0.1, 0.15) is 5.75 Å². The Bertz CT molecular complexity index is 469. The maximum atomic E-state index is 12.0. The van der Waals surface area contributed by atoms with E-state index in [9.17, 15) is 4.79 Å². The van der Waals surface area contributed by atoms with E-state index in [1.54, 1.807) is 18.2 Å². The normalized spacial score (nSPS) is 17.4. The molecule has 0 unspecified atom stereocenters. The molecule has 0 aromatic heterocycles. The van der Waals surface area contributed by atoms with E-state index < -0.39 is 0 Å². The number of carbonyl (C=O) groups is 1. The lowest BCUT2D eigenvalue weighted by Crippen LogP contribution is -2.38. The number of ether oxygens (including phenoxy) is 3. The van der Waals surface area contributed by atoms with E-state index in [-0.39, 0.29) is 19.3 Å². The number of hydrogen-bond donors (Lipinski definition) is 0. The lowest BCUT2D eigenvalue weighted by Gasteiger charge is -2.26. The van der Waals surface area contributed by atoms with Crippen LogP contribution in [0.2, 0.25) is 0 Å². The summed E-state index contributed by atoms with van der Waals surface area (Å²) in [5.74, 6) is 2.07. The summed E-state index contributed by atoms with van der Waals surface area (Å²) in [6.07, 6.45) is 3.40. The Balaban J connectivity index is 1.55. The van der Waals surface area contributed by atoms with Crippen LogP contribution >= 0.6 is 0 Å². The van der Waals surface area contributed by atoms with Crippen LogP contribution in [-0.4, -0.2) is 37.3 Å². The van der Waals surface area contributed by atoms with E-state index >= 15 is 0 Å². The molecule has 1 fully saturated rings. The average molecular weight is 263 g/mol. The predicted molar refractivity (Wildman–Crippen MR) is 68.5 cm³/mol. The van der Waals surface area contributed by atoms with Gasteiger partial charge in [-0.05, 0) is 31.4 Å². The molecule has 5 heteroatoms. The largest absolute Gasteiger partial charge is 0.484 e. The molecule has 2 heterocycles. The molecule has 102 valence electrons. The molecule has 5 nitrogen and oxygen atoms in total. The van der Waals surface area contributed by atoms with Crippen LogP contribution in [0.3, 0.4) is 0 Å². The van der Waals surface area contributed by atoms with Gasteiger partial charge in [0, 0.05) is 19.2 Å². The number of nitrogens with zero attached hydrogens (tertiary/aromatic N) is 1. The highest BCUT2D eigenvalue weighted by atomic mass is 16.7. The summed E-state index contributed by atoms with van der Waals surface area (Å²) in [6.45, 7) is 2.03. The minimum absolute atomic E-state index is 0.0531. The van der Waals surface area contributed by atoms with Crippen LogP contribution in [-0.2, 0) is 4.79 Å². The summed E-state index contributed by atoms with van der Waals surface area (Å²) in [7, 11) is 0. The van der Waals surface area contributed by atoms with E-state index in [1.165, 1.54) is 6.42 Å². The van der Waals surface area contributed by atoms with Crippen LogP contribution in [0.15, 0.2) is 18.2 Å². The zero-order chi connectivity index (χ0) is 13.1. The topological polar surface area (TPSA) is 48.0 Å². The van der Waals surface area contributed by atoms with Gasteiger partial charge in [0.15, 0.2) is 18.1 Å². The van der Waals surface area contributed by atoms with Crippen molar-refractivity contribution in [2.75, 3.05) is 26.5 Å². The van der Waals surface area contributed by atoms with Crippen molar-refractivity contribution in [3.05, 3.63) is 18.2 Å². The quantitative estimate of drug-likeness (QED) is 0.834. The summed E-state index contributed by atoms with van der Waals surface area (Å²) >= 11 is 0. The second-order valence-corrected chi connectivity index (χ2v) is 4.75. The fourth-order valence-electron chi connectivity index (χ4n) is 2.35. The number of carbonyl (C=O) groups excluding carboxylic acids is 1. The fraction of sp³-hybridized carbons (Fsp3) is 0.500. The third-order valence-electron chi connectivity index (χ3n) is 3.42. The predicted octanol–water partition coefficient (Wildman–Crippen LogP) is 1.81. The third kappa shape index (κ3) is 2.75. The monoisotopic (exact) mass is 263 g/mol. The molecule has 19 heavy (non-hydrogen) atoms. The Kier molecular flexibility index (Phi) is 3.44. The highest BCUT2D eigenvalue weighted by molar-refractivity contribution is 5.77. The highest BCUT2D eigenvalue weighted by Gasteiger charge is 2.18. The number of benzene rings is 1. The van der Waals surface area contributed by atoms with Crippen LogP contribution in [0.1, 0.15) is 19.3 Å². The summed E-state index contributed by atoms with van der Waals surface area (Å²) in [6, 6.07) is 5.34. The van der Waals surface area contributed by atoms with Crippen molar-refractivity contribution in [2.24, 2.45) is 0 Å². The van der Waals surface area contributed by atoms with Gasteiger partial charge in [0.25, 0.3) is 5.91 Å². The van der Waals surface area contributed by atoms with Gasteiger partial charge in [-0.1, -0.05) is 0 Å². The molecule has 0 saturated carbocycles. The van der Waals surface area contributed by atoms with Crippen LogP contribution in [0.25, 0.3) is 0 Å². The van der Waals surface area contributed by atoms with Gasteiger partial charge in [-0.2, -0.15) is 0 Å². The van der Waals surface area contributed by atoms with Crippen LogP contribution < -0.4 is 14.2 Å². The zero-order valence-corrected chi connectivity index (χ0v) is 10.8. The number of hydrogen-bond acceptors (Lipinski definition) is 4. The van der Waals surface area contributed by atoms with E-state index in [0.29, 0.717) is 11.5 Å². The third-order valence-corrected chi connectivity index (χ3v) is 3.42. The van der Waals surface area contributed by atoms with Crippen molar-refractivity contribution >= 4 is 5.91 Å². The summed E-state index contributed by atoms with van der Waals surface area (Å²) in [5.41, 5.74) is 0. The number of rotatable bonds is 3. The first kappa shape index (κ1) is 12.1. The summed E-state index contributed by atoms with van der Waals surface area (Å²) in [5, 5.41) is 0. The number of amides is 1. The van der Waals surface area contributed by atoms with E-state index in [2.05, 4.69) is 0 Å². The number of piperidine rings is 1. The Hall–Kier alpha value is -1.91. The molecule has 2 aliphatic rings. The van der Waals surface area contributed by atoms with Crippen LogP contribution in [0, 0.1) is 0 Å². The molecule has 1 amide bonds. The lowest BCUT2D eigenvalue weighted by molar-refractivity contribution is -0.134. The lowest BCUT2D eigenvalue weighted by atomic mass is 10.1. The SMILES string of the molecule is O=C(COc1ccc2c(c1)OCO2)N1CCCCC1. The molecule has 1 aromatic rings. The van der Waals surface area contributed by atoms with Crippen molar-refractivity contribution in [2.45, 2.75) is 19.3 Å². The standard InChI is InChI=1S/C14H17NO4/c16-14(15-6-2-1-3-7-15)9-17-11-4-5-12-13(8-11)19-10-18-12/h4-5,8H,1-3,6-7,9-10H2. The second kappa shape index (κ2) is 5.38. The van der Waals surface area contributed by atoms with Gasteiger partial charge in [-0.15, -0.1) is 0 Å². The Morgan fingerprint density at radius 3 is 2.79 bits per heavy atom. The molecule has 0 atom stereocenters. The molecule has 1 aromatic carbocycles. The summed E-state index contributed by atoms with van der Waals surface area (Å²) < 4.78 is 16.0. The van der Waals surface area contributed by atoms with Gasteiger partial charge in [-0.25, -0.2) is 0 Å². The molecule has 0 bridgehead atoms. The summed E-state index contributed by atoms with van der Waals surface area (Å²) in [4.78, 5) is 13.8.